The Bertz CT molecular complexity index is 2990. The van der Waals surface area contributed by atoms with Crippen molar-refractivity contribution in [3.8, 4) is 0 Å². The van der Waals surface area contributed by atoms with Crippen LogP contribution in [0.4, 0.5) is 13.6 Å². The minimum absolute atomic E-state index is 0.0611. The molecule has 0 bridgehead atoms. The van der Waals surface area contributed by atoms with Gasteiger partial charge in [-0.1, -0.05) is 123 Å². The van der Waals surface area contributed by atoms with Gasteiger partial charge >= 0.3 is 6.09 Å². The van der Waals surface area contributed by atoms with Crippen LogP contribution in [0.15, 0.2) is 133 Å². The number of carbonyl (C=O) groups is 5. The van der Waals surface area contributed by atoms with Gasteiger partial charge in [0, 0.05) is 57.8 Å². The lowest BCUT2D eigenvalue weighted by Crippen LogP contribution is -2.63. The summed E-state index contributed by atoms with van der Waals surface area (Å²) in [4.78, 5) is 72.7. The fourth-order valence-electron chi connectivity index (χ4n) is 10.5. The fraction of sp³-hybridized carbons (Fsp3) is 0.393. The van der Waals surface area contributed by atoms with Gasteiger partial charge in [0.05, 0.1) is 18.1 Å². The monoisotopic (exact) mass is 1050 g/mol. The summed E-state index contributed by atoms with van der Waals surface area (Å²) in [6.45, 7) is 12.2. The Morgan fingerprint density at radius 1 is 0.558 bits per heavy atom. The molecular weight excluding hydrogens is 979 g/mol. The number of nitrogens with zero attached hydrogens (tertiary/aromatic N) is 4. The largest absolute Gasteiger partial charge is 0.444 e. The van der Waals surface area contributed by atoms with E-state index in [0.29, 0.717) is 70.5 Å². The number of ether oxygens (including phenoxy) is 1. The van der Waals surface area contributed by atoms with Crippen molar-refractivity contribution in [1.29, 1.82) is 0 Å². The third-order valence-electron chi connectivity index (χ3n) is 14.6. The van der Waals surface area contributed by atoms with Gasteiger partial charge in [0.1, 0.15) is 23.3 Å². The van der Waals surface area contributed by atoms with Crippen LogP contribution in [0.2, 0.25) is 0 Å². The van der Waals surface area contributed by atoms with Crippen LogP contribution in [0.3, 0.4) is 0 Å². The molecule has 2 saturated heterocycles. The first-order chi connectivity index (χ1) is 36.8. The molecule has 6 aromatic carbocycles. The Hall–Kier alpha value is -7.27. The summed E-state index contributed by atoms with van der Waals surface area (Å²) in [6.07, 6.45) is 2.22. The van der Waals surface area contributed by atoms with Crippen LogP contribution in [0.1, 0.15) is 69.7 Å². The van der Waals surface area contributed by atoms with E-state index in [1.165, 1.54) is 24.3 Å². The average molecular weight is 1050 g/mol. The predicted octanol–water partition coefficient (Wildman–Crippen LogP) is 7.30. The van der Waals surface area contributed by atoms with Crippen LogP contribution >= 0.6 is 0 Å². The summed E-state index contributed by atoms with van der Waals surface area (Å²) in [5.74, 6) is -1.83. The zero-order chi connectivity index (χ0) is 55.4. The topological polar surface area (TPSA) is 198 Å². The Labute approximate surface area is 450 Å². The molecule has 7 N–H and O–H groups in total. The molecule has 5 amide bonds. The SMILES string of the molecule is CC[C@H]1CN([C@@H](Cc2ccc3ccccc3c2)C(N)=O)CCN1C(=O)[C@@H](Cc1ccc(F)cc1)NC(=O)OC(C)(C)C.CC[C@H]1CN([C@@H](Cc2ccc3ccccc3c2)C(N)=O)CCN1C(=O)[C@H](N)Cc1ccc(F)cc1. The highest BCUT2D eigenvalue weighted by atomic mass is 19.1. The minimum Gasteiger partial charge on any atom is -0.444 e. The van der Waals surface area contributed by atoms with Gasteiger partial charge in [0.15, 0.2) is 0 Å². The number of primary amides is 2. The number of hydrogen-bond donors (Lipinski definition) is 4. The highest BCUT2D eigenvalue weighted by Gasteiger charge is 2.39. The smallest absolute Gasteiger partial charge is 0.408 e. The summed E-state index contributed by atoms with van der Waals surface area (Å²) in [7, 11) is 0. The van der Waals surface area contributed by atoms with Crippen molar-refractivity contribution in [3.63, 3.8) is 0 Å². The maximum Gasteiger partial charge on any atom is 0.408 e. The first-order valence-corrected chi connectivity index (χ1v) is 26.7. The normalized spacial score (nSPS) is 17.9. The third-order valence-corrected chi connectivity index (χ3v) is 14.6. The van der Waals surface area contributed by atoms with Gasteiger partial charge in [-0.15, -0.1) is 0 Å². The molecule has 77 heavy (non-hydrogen) atoms. The van der Waals surface area contributed by atoms with Crippen molar-refractivity contribution in [2.24, 2.45) is 17.2 Å². The van der Waals surface area contributed by atoms with E-state index in [4.69, 9.17) is 21.9 Å². The number of rotatable bonds is 17. The Morgan fingerprint density at radius 3 is 1.38 bits per heavy atom. The van der Waals surface area contributed by atoms with Crippen LogP contribution in [0, 0.1) is 11.6 Å². The van der Waals surface area contributed by atoms with Gasteiger partial charge in [-0.2, -0.15) is 0 Å². The number of nitrogens with two attached hydrogens (primary N) is 3. The van der Waals surface area contributed by atoms with E-state index in [2.05, 4.69) is 45.4 Å². The molecule has 408 valence electrons. The first kappa shape index (κ1) is 57.4. The maximum absolute atomic E-state index is 13.9. The van der Waals surface area contributed by atoms with E-state index in [1.807, 2.05) is 73.3 Å². The second-order valence-corrected chi connectivity index (χ2v) is 21.3. The van der Waals surface area contributed by atoms with Gasteiger partial charge in [-0.05, 0) is 121 Å². The molecule has 2 aliphatic heterocycles. The van der Waals surface area contributed by atoms with Gasteiger partial charge in [0.25, 0.3) is 0 Å². The van der Waals surface area contributed by atoms with Gasteiger partial charge in [0.2, 0.25) is 23.6 Å². The van der Waals surface area contributed by atoms with E-state index in [-0.39, 0.29) is 47.9 Å². The number of amides is 5. The molecule has 0 saturated carbocycles. The second-order valence-electron chi connectivity index (χ2n) is 21.3. The van der Waals surface area contributed by atoms with Crippen molar-refractivity contribution >= 4 is 51.3 Å². The second kappa shape index (κ2) is 26.2. The molecule has 0 radical (unpaired) electrons. The molecule has 2 fully saturated rings. The van der Waals surface area contributed by atoms with Crippen LogP contribution in [-0.4, -0.2) is 130 Å². The van der Waals surface area contributed by atoms with Gasteiger partial charge in [-0.25, -0.2) is 13.6 Å². The van der Waals surface area contributed by atoms with Crippen LogP contribution in [0.5, 0.6) is 0 Å². The number of alkyl carbamates (subject to hydrolysis) is 1. The molecule has 2 aliphatic rings. The molecule has 16 heteroatoms. The van der Waals surface area contributed by atoms with Crippen LogP contribution < -0.4 is 22.5 Å². The Morgan fingerprint density at radius 2 is 0.961 bits per heavy atom. The molecular formula is C61H74F2N8O6. The van der Waals surface area contributed by atoms with Crippen molar-refractivity contribution in [2.75, 3.05) is 39.3 Å². The summed E-state index contributed by atoms with van der Waals surface area (Å²) in [5, 5.41) is 7.26. The average Bonchev–Trinajstić information content (AvgIpc) is 3.41. The van der Waals surface area contributed by atoms with Crippen LogP contribution in [0.25, 0.3) is 21.5 Å². The number of piperazine rings is 2. The quantitative estimate of drug-likeness (QED) is 0.0725. The zero-order valence-corrected chi connectivity index (χ0v) is 44.9. The predicted molar refractivity (Wildman–Crippen MR) is 297 cm³/mol. The lowest BCUT2D eigenvalue weighted by Gasteiger charge is -2.44. The van der Waals surface area contributed by atoms with Crippen molar-refractivity contribution in [2.45, 2.75) is 115 Å². The Kier molecular flexibility index (Phi) is 19.5. The molecule has 0 spiro atoms. The number of benzene rings is 6. The van der Waals surface area contributed by atoms with E-state index >= 15 is 0 Å². The first-order valence-electron chi connectivity index (χ1n) is 26.7. The molecule has 8 rings (SSSR count). The molecule has 6 atom stereocenters. The zero-order valence-electron chi connectivity index (χ0n) is 44.9. The van der Waals surface area contributed by atoms with Gasteiger partial charge in [-0.3, -0.25) is 29.0 Å². The van der Waals surface area contributed by atoms with Gasteiger partial charge < -0.3 is 37.1 Å². The standard InChI is InChI=1S/C33H41FN4O4.C28H33FN4O2/c1-5-27-21-37(29(30(35)39)20-23-10-13-24-8-6-7-9-25(24)18-23)16-17-38(27)31(40)28(36-32(41)42-33(2,3)4)19-22-11-14-26(34)15-12-22;1-2-24-18-32(13-14-33(24)28(35)25(30)16-19-8-11-23(29)12-9-19)26(27(31)34)17-20-7-10-21-5-3-4-6-22(21)15-20/h6-15,18,27-29H,5,16-17,19-21H2,1-4H3,(H2,35,39)(H,36,41);3-12,15,24-26H,2,13-14,16-18,30H2,1H3,(H2,31,34)/t27-,28+,29-;24-,25+,26-/m00/s1. The number of halogens is 2. The summed E-state index contributed by atoms with van der Waals surface area (Å²) < 4.78 is 32.2. The van der Waals surface area contributed by atoms with Crippen molar-refractivity contribution in [1.82, 2.24) is 24.9 Å². The van der Waals surface area contributed by atoms with Crippen molar-refractivity contribution < 1.29 is 37.5 Å². The number of nitrogens with one attached hydrogen (secondary N) is 1. The van der Waals surface area contributed by atoms with E-state index in [9.17, 15) is 32.8 Å². The third kappa shape index (κ3) is 15.7. The lowest BCUT2D eigenvalue weighted by atomic mass is 9.98. The molecule has 2 heterocycles. The lowest BCUT2D eigenvalue weighted by molar-refractivity contribution is -0.140. The molecule has 0 unspecified atom stereocenters. The Balaban J connectivity index is 0.000000227. The summed E-state index contributed by atoms with van der Waals surface area (Å²) >= 11 is 0. The molecule has 0 aliphatic carbocycles. The minimum atomic E-state index is -0.907. The van der Waals surface area contributed by atoms with Crippen molar-refractivity contribution in [3.05, 3.63) is 167 Å². The van der Waals surface area contributed by atoms with E-state index < -0.39 is 41.8 Å². The molecule has 14 nitrogen and oxygen atoms in total. The maximum atomic E-state index is 13.9. The van der Waals surface area contributed by atoms with Crippen LogP contribution in [-0.2, 0) is 49.6 Å². The number of fused-ring (bicyclic) bond motifs is 2. The molecule has 6 aromatic rings. The number of hydrogen-bond acceptors (Lipinski definition) is 9. The highest BCUT2D eigenvalue weighted by Crippen LogP contribution is 2.25. The van der Waals surface area contributed by atoms with E-state index in [0.717, 1.165) is 44.7 Å². The fourth-order valence-corrected chi connectivity index (χ4v) is 10.5. The molecule has 0 aromatic heterocycles. The summed E-state index contributed by atoms with van der Waals surface area (Å²) in [5.41, 5.74) is 20.9. The summed E-state index contributed by atoms with van der Waals surface area (Å²) in [6, 6.07) is 37.7. The number of carbonyl (C=O) groups excluding carboxylic acids is 5. The van der Waals surface area contributed by atoms with E-state index in [1.54, 1.807) is 49.9 Å². The highest BCUT2D eigenvalue weighted by molar-refractivity contribution is 5.88.